The lowest BCUT2D eigenvalue weighted by Crippen LogP contribution is -2.26. The number of nitrogens with zero attached hydrogens (tertiary/aromatic N) is 1. The second-order valence-electron chi connectivity index (χ2n) is 6.34. The molecule has 0 saturated carbocycles. The Hall–Kier alpha value is -2.95. The zero-order valence-electron chi connectivity index (χ0n) is 14.7. The van der Waals surface area contributed by atoms with Crippen molar-refractivity contribution in [2.24, 2.45) is 0 Å². The van der Waals surface area contributed by atoms with E-state index in [9.17, 15) is 13.6 Å². The van der Waals surface area contributed by atoms with Gasteiger partial charge < -0.3 is 9.88 Å². The number of hydrogen-bond acceptors (Lipinski definition) is 1. The highest BCUT2D eigenvalue weighted by molar-refractivity contribution is 5.94. The molecule has 0 saturated heterocycles. The van der Waals surface area contributed by atoms with Crippen LogP contribution in [0.1, 0.15) is 32.9 Å². The van der Waals surface area contributed by atoms with Crippen LogP contribution >= 0.6 is 0 Å². The zero-order chi connectivity index (χ0) is 18.7. The van der Waals surface area contributed by atoms with Crippen molar-refractivity contribution in [3.8, 4) is 0 Å². The van der Waals surface area contributed by atoms with E-state index in [1.165, 1.54) is 24.3 Å². The fourth-order valence-corrected chi connectivity index (χ4v) is 2.99. The summed E-state index contributed by atoms with van der Waals surface area (Å²) in [7, 11) is 0. The van der Waals surface area contributed by atoms with Crippen LogP contribution < -0.4 is 5.32 Å². The SMILES string of the molecule is Cc1cc(C)n(Cc2ccc(F)cc2)c1C(=O)NCc1ccc(F)cc1. The summed E-state index contributed by atoms with van der Waals surface area (Å²) in [6.45, 7) is 4.63. The summed E-state index contributed by atoms with van der Waals surface area (Å²) in [4.78, 5) is 12.7. The van der Waals surface area contributed by atoms with Crippen molar-refractivity contribution < 1.29 is 13.6 Å². The molecule has 0 radical (unpaired) electrons. The maximum Gasteiger partial charge on any atom is 0.268 e. The summed E-state index contributed by atoms with van der Waals surface area (Å²) in [5, 5.41) is 2.88. The molecule has 3 nitrogen and oxygen atoms in total. The first kappa shape index (κ1) is 17.9. The molecule has 0 bridgehead atoms. The topological polar surface area (TPSA) is 34.0 Å². The predicted molar refractivity (Wildman–Crippen MR) is 97.0 cm³/mol. The maximum absolute atomic E-state index is 13.1. The predicted octanol–water partition coefficient (Wildman–Crippen LogP) is 4.36. The molecule has 134 valence electrons. The van der Waals surface area contributed by atoms with Gasteiger partial charge in [-0.3, -0.25) is 4.79 Å². The van der Waals surface area contributed by atoms with E-state index in [2.05, 4.69) is 5.32 Å². The molecule has 1 heterocycles. The molecule has 0 unspecified atom stereocenters. The molecule has 2 aromatic carbocycles. The molecule has 5 heteroatoms. The first-order chi connectivity index (χ1) is 12.4. The average molecular weight is 354 g/mol. The Kier molecular flexibility index (Phi) is 5.16. The maximum atomic E-state index is 13.1. The van der Waals surface area contributed by atoms with Crippen molar-refractivity contribution in [3.05, 3.63) is 94.3 Å². The van der Waals surface area contributed by atoms with Crippen molar-refractivity contribution in [1.29, 1.82) is 0 Å². The van der Waals surface area contributed by atoms with E-state index in [1.807, 2.05) is 24.5 Å². The van der Waals surface area contributed by atoms with Crippen LogP contribution in [0.15, 0.2) is 54.6 Å². The van der Waals surface area contributed by atoms with Gasteiger partial charge in [-0.1, -0.05) is 24.3 Å². The van der Waals surface area contributed by atoms with Crippen molar-refractivity contribution in [2.45, 2.75) is 26.9 Å². The van der Waals surface area contributed by atoms with Crippen molar-refractivity contribution in [3.63, 3.8) is 0 Å². The minimum Gasteiger partial charge on any atom is -0.347 e. The molecule has 0 fully saturated rings. The molecule has 0 aliphatic heterocycles. The zero-order valence-corrected chi connectivity index (χ0v) is 14.7. The lowest BCUT2D eigenvalue weighted by atomic mass is 10.2. The van der Waals surface area contributed by atoms with E-state index >= 15 is 0 Å². The molecule has 26 heavy (non-hydrogen) atoms. The molecule has 0 spiro atoms. The lowest BCUT2D eigenvalue weighted by molar-refractivity contribution is 0.0941. The summed E-state index contributed by atoms with van der Waals surface area (Å²) in [5.41, 5.74) is 4.15. The van der Waals surface area contributed by atoms with Gasteiger partial charge in [0.15, 0.2) is 0 Å². The van der Waals surface area contributed by atoms with Gasteiger partial charge >= 0.3 is 0 Å². The third-order valence-corrected chi connectivity index (χ3v) is 4.33. The Balaban J connectivity index is 1.79. The molecule has 3 aromatic rings. The van der Waals surface area contributed by atoms with Crippen LogP contribution in [0.25, 0.3) is 0 Å². The number of benzene rings is 2. The molecule has 1 aromatic heterocycles. The number of amides is 1. The average Bonchev–Trinajstić information content (AvgIpc) is 2.89. The van der Waals surface area contributed by atoms with E-state index in [1.54, 1.807) is 24.3 Å². The minimum atomic E-state index is -0.306. The first-order valence-electron chi connectivity index (χ1n) is 8.38. The Morgan fingerprint density at radius 1 is 0.923 bits per heavy atom. The highest BCUT2D eigenvalue weighted by Gasteiger charge is 2.17. The lowest BCUT2D eigenvalue weighted by Gasteiger charge is -2.13. The minimum absolute atomic E-state index is 0.193. The third-order valence-electron chi connectivity index (χ3n) is 4.33. The molecule has 0 aliphatic carbocycles. The fraction of sp³-hybridized carbons (Fsp3) is 0.190. The van der Waals surface area contributed by atoms with Crippen molar-refractivity contribution in [2.75, 3.05) is 0 Å². The van der Waals surface area contributed by atoms with Crippen LogP contribution in [0.2, 0.25) is 0 Å². The van der Waals surface area contributed by atoms with Gasteiger partial charge in [-0.05, 0) is 60.9 Å². The Labute approximate surface area is 151 Å². The van der Waals surface area contributed by atoms with Crippen LogP contribution in [0, 0.1) is 25.5 Å². The Morgan fingerprint density at radius 2 is 1.46 bits per heavy atom. The van der Waals surface area contributed by atoms with Gasteiger partial charge in [-0.25, -0.2) is 8.78 Å². The number of carbonyl (C=O) groups is 1. The summed E-state index contributed by atoms with van der Waals surface area (Å²) in [6, 6.07) is 14.2. The van der Waals surface area contributed by atoms with Gasteiger partial charge in [0.25, 0.3) is 5.91 Å². The Bertz CT molecular complexity index is 912. The molecule has 1 N–H and O–H groups in total. The normalized spacial score (nSPS) is 10.8. The summed E-state index contributed by atoms with van der Waals surface area (Å²) in [6.07, 6.45) is 0. The largest absolute Gasteiger partial charge is 0.347 e. The number of hydrogen-bond donors (Lipinski definition) is 1. The number of nitrogens with one attached hydrogen (secondary N) is 1. The van der Waals surface area contributed by atoms with Crippen molar-refractivity contribution >= 4 is 5.91 Å². The monoisotopic (exact) mass is 354 g/mol. The van der Waals surface area contributed by atoms with Crippen LogP contribution in [0.3, 0.4) is 0 Å². The number of aromatic nitrogens is 1. The third kappa shape index (κ3) is 3.99. The van der Waals surface area contributed by atoms with E-state index in [0.29, 0.717) is 18.8 Å². The van der Waals surface area contributed by atoms with Gasteiger partial charge in [-0.2, -0.15) is 0 Å². The standard InChI is InChI=1S/C21H20F2N2O/c1-14-11-15(2)25(13-17-5-9-19(23)10-6-17)20(14)21(26)24-12-16-3-7-18(22)8-4-16/h3-11H,12-13H2,1-2H3,(H,24,26). The van der Waals surface area contributed by atoms with E-state index in [-0.39, 0.29) is 17.5 Å². The second-order valence-corrected chi connectivity index (χ2v) is 6.34. The summed E-state index contributed by atoms with van der Waals surface area (Å²) >= 11 is 0. The highest BCUT2D eigenvalue weighted by atomic mass is 19.1. The molecule has 0 atom stereocenters. The first-order valence-corrected chi connectivity index (χ1v) is 8.38. The smallest absolute Gasteiger partial charge is 0.268 e. The van der Waals surface area contributed by atoms with Crippen LogP contribution in [-0.4, -0.2) is 10.5 Å². The quantitative estimate of drug-likeness (QED) is 0.726. The number of carbonyl (C=O) groups excluding carboxylic acids is 1. The molecule has 1 amide bonds. The van der Waals surface area contributed by atoms with Gasteiger partial charge in [0.1, 0.15) is 17.3 Å². The van der Waals surface area contributed by atoms with Crippen LogP contribution in [0.4, 0.5) is 8.78 Å². The van der Waals surface area contributed by atoms with Gasteiger partial charge in [0.2, 0.25) is 0 Å². The molecular weight excluding hydrogens is 334 g/mol. The number of rotatable bonds is 5. The molecule has 0 aliphatic rings. The fourth-order valence-electron chi connectivity index (χ4n) is 2.99. The number of halogens is 2. The Morgan fingerprint density at radius 3 is 2.04 bits per heavy atom. The molecular formula is C21H20F2N2O. The van der Waals surface area contributed by atoms with Crippen molar-refractivity contribution in [1.82, 2.24) is 9.88 Å². The van der Waals surface area contributed by atoms with E-state index < -0.39 is 0 Å². The van der Waals surface area contributed by atoms with Gasteiger partial charge in [0.05, 0.1) is 0 Å². The van der Waals surface area contributed by atoms with E-state index in [0.717, 1.165) is 22.4 Å². The van der Waals surface area contributed by atoms with E-state index in [4.69, 9.17) is 0 Å². The highest BCUT2D eigenvalue weighted by Crippen LogP contribution is 2.18. The second kappa shape index (κ2) is 7.52. The van der Waals surface area contributed by atoms with Gasteiger partial charge in [-0.15, -0.1) is 0 Å². The van der Waals surface area contributed by atoms with Crippen LogP contribution in [-0.2, 0) is 13.1 Å². The van der Waals surface area contributed by atoms with Crippen LogP contribution in [0.5, 0.6) is 0 Å². The summed E-state index contributed by atoms with van der Waals surface area (Å²) < 4.78 is 28.0. The summed E-state index contributed by atoms with van der Waals surface area (Å²) in [5.74, 6) is -0.784. The van der Waals surface area contributed by atoms with Gasteiger partial charge in [0, 0.05) is 18.8 Å². The molecule has 3 rings (SSSR count). The number of aryl methyl sites for hydroxylation is 2.